The first-order chi connectivity index (χ1) is 10.1. The second kappa shape index (κ2) is 6.89. The lowest BCUT2D eigenvalue weighted by Gasteiger charge is -2.08. The van der Waals surface area contributed by atoms with E-state index < -0.39 is 0 Å². The molecule has 21 heavy (non-hydrogen) atoms. The Morgan fingerprint density at radius 2 is 2.19 bits per heavy atom. The maximum atomic E-state index is 12.3. The van der Waals surface area contributed by atoms with E-state index in [0.717, 1.165) is 11.1 Å². The molecule has 0 atom stereocenters. The highest BCUT2D eigenvalue weighted by Crippen LogP contribution is 2.15. The van der Waals surface area contributed by atoms with Crippen molar-refractivity contribution in [2.24, 2.45) is 5.73 Å². The summed E-state index contributed by atoms with van der Waals surface area (Å²) in [5, 5.41) is 3.24. The highest BCUT2D eigenvalue weighted by molar-refractivity contribution is 6.30. The molecule has 0 bridgehead atoms. The van der Waals surface area contributed by atoms with Crippen molar-refractivity contribution in [3.05, 3.63) is 58.2 Å². The Kier molecular flexibility index (Phi) is 4.94. The smallest absolute Gasteiger partial charge is 0.257 e. The van der Waals surface area contributed by atoms with Crippen LogP contribution in [0, 0.1) is 18.8 Å². The molecule has 5 heteroatoms. The summed E-state index contributed by atoms with van der Waals surface area (Å²) in [7, 11) is 0. The van der Waals surface area contributed by atoms with Crippen LogP contribution in [0.3, 0.4) is 0 Å². The van der Waals surface area contributed by atoms with Gasteiger partial charge in [-0.3, -0.25) is 4.79 Å². The van der Waals surface area contributed by atoms with Crippen LogP contribution in [0.5, 0.6) is 0 Å². The normalized spacial score (nSPS) is 9.67. The Morgan fingerprint density at radius 1 is 1.38 bits per heavy atom. The third kappa shape index (κ3) is 3.82. The van der Waals surface area contributed by atoms with Gasteiger partial charge in [-0.05, 0) is 36.8 Å². The molecule has 1 aromatic carbocycles. The fourth-order valence-corrected chi connectivity index (χ4v) is 1.91. The van der Waals surface area contributed by atoms with E-state index in [2.05, 4.69) is 22.1 Å². The molecule has 0 aliphatic carbocycles. The number of hydrogen-bond donors (Lipinski definition) is 2. The first kappa shape index (κ1) is 15.0. The fourth-order valence-electron chi connectivity index (χ4n) is 1.80. The van der Waals surface area contributed by atoms with Crippen molar-refractivity contribution in [3.63, 3.8) is 0 Å². The largest absolute Gasteiger partial charge is 0.320 e. The lowest BCUT2D eigenvalue weighted by atomic mass is 10.0. The third-order valence-corrected chi connectivity index (χ3v) is 3.10. The standard InChI is InChI=1S/C16H14ClN3O/c1-11-12(5-3-9-18)4-2-6-14(11)16(21)20-15-8-7-13(17)10-19-15/h2,4,6-8,10H,9,18H2,1H3,(H,19,20,21). The van der Waals surface area contributed by atoms with Crippen LogP contribution in [0.2, 0.25) is 5.02 Å². The number of hydrogen-bond acceptors (Lipinski definition) is 3. The van der Waals surface area contributed by atoms with E-state index in [0.29, 0.717) is 16.4 Å². The zero-order chi connectivity index (χ0) is 15.2. The summed E-state index contributed by atoms with van der Waals surface area (Å²) >= 11 is 5.76. The average molecular weight is 300 g/mol. The molecule has 0 saturated heterocycles. The molecule has 0 radical (unpaired) electrons. The van der Waals surface area contributed by atoms with Gasteiger partial charge in [0.25, 0.3) is 5.91 Å². The molecule has 2 rings (SSSR count). The molecule has 1 amide bonds. The zero-order valence-electron chi connectivity index (χ0n) is 11.5. The molecule has 4 nitrogen and oxygen atoms in total. The number of nitrogens with zero attached hydrogens (tertiary/aromatic N) is 1. The van der Waals surface area contributed by atoms with Crippen LogP contribution in [-0.4, -0.2) is 17.4 Å². The zero-order valence-corrected chi connectivity index (χ0v) is 12.2. The molecule has 2 aromatic rings. The van der Waals surface area contributed by atoms with E-state index >= 15 is 0 Å². The Morgan fingerprint density at radius 3 is 2.86 bits per heavy atom. The number of halogens is 1. The van der Waals surface area contributed by atoms with Gasteiger partial charge in [-0.15, -0.1) is 0 Å². The SMILES string of the molecule is Cc1c(C#CCN)cccc1C(=O)Nc1ccc(Cl)cn1. The number of carbonyl (C=O) groups excluding carboxylic acids is 1. The Balaban J connectivity index is 2.25. The number of carbonyl (C=O) groups is 1. The number of benzene rings is 1. The van der Waals surface area contributed by atoms with Crippen LogP contribution in [0.1, 0.15) is 21.5 Å². The van der Waals surface area contributed by atoms with Gasteiger partial charge in [-0.25, -0.2) is 4.98 Å². The number of rotatable bonds is 2. The van der Waals surface area contributed by atoms with Crippen molar-refractivity contribution in [2.75, 3.05) is 11.9 Å². The Hall–Kier alpha value is -2.35. The summed E-state index contributed by atoms with van der Waals surface area (Å²) in [6.45, 7) is 2.13. The van der Waals surface area contributed by atoms with Crippen LogP contribution < -0.4 is 11.1 Å². The van der Waals surface area contributed by atoms with Gasteiger partial charge in [0, 0.05) is 17.3 Å². The molecule has 0 fully saturated rings. The van der Waals surface area contributed by atoms with E-state index in [1.165, 1.54) is 6.20 Å². The molecule has 0 aliphatic heterocycles. The topological polar surface area (TPSA) is 68.0 Å². The van der Waals surface area contributed by atoms with Crippen LogP contribution in [0.4, 0.5) is 5.82 Å². The Labute approximate surface area is 128 Å². The Bertz CT molecular complexity index is 715. The van der Waals surface area contributed by atoms with Crippen LogP contribution in [-0.2, 0) is 0 Å². The second-order valence-electron chi connectivity index (χ2n) is 4.30. The van der Waals surface area contributed by atoms with E-state index in [1.807, 2.05) is 13.0 Å². The maximum Gasteiger partial charge on any atom is 0.257 e. The lowest BCUT2D eigenvalue weighted by molar-refractivity contribution is 0.102. The number of anilines is 1. The minimum Gasteiger partial charge on any atom is -0.320 e. The van der Waals surface area contributed by atoms with Crippen molar-refractivity contribution in [3.8, 4) is 11.8 Å². The van der Waals surface area contributed by atoms with Crippen molar-refractivity contribution in [1.29, 1.82) is 0 Å². The number of nitrogens with two attached hydrogens (primary N) is 1. The fraction of sp³-hybridized carbons (Fsp3) is 0.125. The minimum atomic E-state index is -0.237. The van der Waals surface area contributed by atoms with Gasteiger partial charge in [0.2, 0.25) is 0 Å². The molecule has 3 N–H and O–H groups in total. The molecule has 1 heterocycles. The molecule has 0 unspecified atom stereocenters. The van der Waals surface area contributed by atoms with E-state index in [4.69, 9.17) is 17.3 Å². The summed E-state index contributed by atoms with van der Waals surface area (Å²) in [5.74, 6) is 5.95. The van der Waals surface area contributed by atoms with E-state index in [1.54, 1.807) is 24.3 Å². The second-order valence-corrected chi connectivity index (χ2v) is 4.74. The van der Waals surface area contributed by atoms with Gasteiger partial charge in [0.05, 0.1) is 11.6 Å². The predicted molar refractivity (Wildman–Crippen MR) is 84.3 cm³/mol. The highest BCUT2D eigenvalue weighted by atomic mass is 35.5. The van der Waals surface area contributed by atoms with E-state index in [9.17, 15) is 4.79 Å². The van der Waals surface area contributed by atoms with Crippen LogP contribution >= 0.6 is 11.6 Å². The maximum absolute atomic E-state index is 12.3. The number of amides is 1. The third-order valence-electron chi connectivity index (χ3n) is 2.87. The van der Waals surface area contributed by atoms with Gasteiger partial charge in [-0.1, -0.05) is 29.5 Å². The lowest BCUT2D eigenvalue weighted by Crippen LogP contribution is -2.14. The van der Waals surface area contributed by atoms with Crippen LogP contribution in [0.15, 0.2) is 36.5 Å². The van der Waals surface area contributed by atoms with Crippen LogP contribution in [0.25, 0.3) is 0 Å². The van der Waals surface area contributed by atoms with Gasteiger partial charge in [-0.2, -0.15) is 0 Å². The number of aromatic nitrogens is 1. The van der Waals surface area contributed by atoms with Crippen molar-refractivity contribution < 1.29 is 4.79 Å². The summed E-state index contributed by atoms with van der Waals surface area (Å²) in [5.41, 5.74) is 7.52. The molecule has 0 spiro atoms. The molecular formula is C16H14ClN3O. The first-order valence-corrected chi connectivity index (χ1v) is 6.71. The molecule has 106 valence electrons. The van der Waals surface area contributed by atoms with E-state index in [-0.39, 0.29) is 12.5 Å². The number of pyridine rings is 1. The summed E-state index contributed by atoms with van der Waals surface area (Å²) in [6.07, 6.45) is 1.48. The van der Waals surface area contributed by atoms with Gasteiger partial charge in [0.1, 0.15) is 5.82 Å². The average Bonchev–Trinajstić information content (AvgIpc) is 2.48. The summed E-state index contributed by atoms with van der Waals surface area (Å²) < 4.78 is 0. The van der Waals surface area contributed by atoms with Crippen molar-refractivity contribution in [1.82, 2.24) is 4.98 Å². The first-order valence-electron chi connectivity index (χ1n) is 6.33. The minimum absolute atomic E-state index is 0.237. The monoisotopic (exact) mass is 299 g/mol. The molecule has 1 aromatic heterocycles. The van der Waals surface area contributed by atoms with Crippen molar-refractivity contribution >= 4 is 23.3 Å². The molecule has 0 saturated carbocycles. The number of nitrogens with one attached hydrogen (secondary N) is 1. The van der Waals surface area contributed by atoms with Gasteiger partial charge >= 0.3 is 0 Å². The highest BCUT2D eigenvalue weighted by Gasteiger charge is 2.11. The summed E-state index contributed by atoms with van der Waals surface area (Å²) in [4.78, 5) is 16.3. The quantitative estimate of drug-likeness (QED) is 0.838. The van der Waals surface area contributed by atoms with Gasteiger partial charge in [0.15, 0.2) is 0 Å². The van der Waals surface area contributed by atoms with Gasteiger partial charge < -0.3 is 11.1 Å². The van der Waals surface area contributed by atoms with Crippen molar-refractivity contribution in [2.45, 2.75) is 6.92 Å². The predicted octanol–water partition coefficient (Wildman–Crippen LogP) is 2.61. The summed E-state index contributed by atoms with van der Waals surface area (Å²) in [6, 6.07) is 8.70. The molecular weight excluding hydrogens is 286 g/mol. The molecule has 0 aliphatic rings.